The van der Waals surface area contributed by atoms with Crippen LogP contribution in [0, 0.1) is 5.82 Å². The van der Waals surface area contributed by atoms with Gasteiger partial charge in [0, 0.05) is 24.7 Å². The fraction of sp³-hybridized carbons (Fsp3) is 0.250. The van der Waals surface area contributed by atoms with Gasteiger partial charge in [0.05, 0.1) is 36.4 Å². The van der Waals surface area contributed by atoms with Crippen molar-refractivity contribution in [1.29, 1.82) is 0 Å². The highest BCUT2D eigenvalue weighted by Gasteiger charge is 2.28. The lowest BCUT2D eigenvalue weighted by Crippen LogP contribution is -2.37. The van der Waals surface area contributed by atoms with E-state index in [2.05, 4.69) is 4.98 Å². The van der Waals surface area contributed by atoms with E-state index in [1.165, 1.54) is 37.6 Å². The van der Waals surface area contributed by atoms with Gasteiger partial charge in [-0.3, -0.25) is 4.98 Å². The number of halogens is 1. The SMILES string of the molecule is COc1cccc(S(=O)(=O)c2cnc3ccc(F)cc3c2N2CCOCC2)c1. The minimum Gasteiger partial charge on any atom is -0.497 e. The van der Waals surface area contributed by atoms with Crippen molar-refractivity contribution in [2.75, 3.05) is 38.3 Å². The third-order valence-electron chi connectivity index (χ3n) is 4.74. The smallest absolute Gasteiger partial charge is 0.210 e. The van der Waals surface area contributed by atoms with Gasteiger partial charge >= 0.3 is 0 Å². The van der Waals surface area contributed by atoms with Crippen LogP contribution in [0.4, 0.5) is 10.1 Å². The van der Waals surface area contributed by atoms with Crippen molar-refractivity contribution in [2.24, 2.45) is 0 Å². The maximum absolute atomic E-state index is 14.0. The highest BCUT2D eigenvalue weighted by atomic mass is 32.2. The molecule has 0 unspecified atom stereocenters. The third kappa shape index (κ3) is 3.29. The van der Waals surface area contributed by atoms with Crippen LogP contribution >= 0.6 is 0 Å². The molecule has 1 saturated heterocycles. The number of pyridine rings is 1. The van der Waals surface area contributed by atoms with Crippen LogP contribution in [-0.2, 0) is 14.6 Å². The molecular formula is C20H19FN2O4S. The lowest BCUT2D eigenvalue weighted by Gasteiger charge is -2.31. The first-order chi connectivity index (χ1) is 13.5. The van der Waals surface area contributed by atoms with E-state index in [0.717, 1.165) is 0 Å². The standard InChI is InChI=1S/C20H19FN2O4S/c1-26-15-3-2-4-16(12-15)28(24,25)19-13-22-18-6-5-14(21)11-17(18)20(19)23-7-9-27-10-8-23/h2-6,11-13H,7-10H2,1H3. The zero-order chi connectivity index (χ0) is 19.7. The molecule has 3 aromatic rings. The Morgan fingerprint density at radius 3 is 2.68 bits per heavy atom. The third-order valence-corrected chi connectivity index (χ3v) is 6.49. The van der Waals surface area contributed by atoms with Crippen LogP contribution in [-0.4, -0.2) is 46.8 Å². The maximum atomic E-state index is 14.0. The van der Waals surface area contributed by atoms with Crippen molar-refractivity contribution in [3.63, 3.8) is 0 Å². The predicted molar refractivity (Wildman–Crippen MR) is 103 cm³/mol. The lowest BCUT2D eigenvalue weighted by molar-refractivity contribution is 0.122. The molecular weight excluding hydrogens is 383 g/mol. The molecule has 0 atom stereocenters. The number of sulfone groups is 1. The first-order valence-corrected chi connectivity index (χ1v) is 10.3. The number of hydrogen-bond acceptors (Lipinski definition) is 6. The Bertz CT molecular complexity index is 1130. The van der Waals surface area contributed by atoms with Gasteiger partial charge < -0.3 is 14.4 Å². The quantitative estimate of drug-likeness (QED) is 0.668. The topological polar surface area (TPSA) is 68.7 Å². The number of morpholine rings is 1. The Kier molecular flexibility index (Phi) is 4.91. The van der Waals surface area contributed by atoms with E-state index in [9.17, 15) is 12.8 Å². The molecule has 2 heterocycles. The molecule has 6 nitrogen and oxygen atoms in total. The number of benzene rings is 2. The summed E-state index contributed by atoms with van der Waals surface area (Å²) >= 11 is 0. The molecule has 4 rings (SSSR count). The molecule has 0 radical (unpaired) electrons. The fourth-order valence-electron chi connectivity index (χ4n) is 3.34. The zero-order valence-electron chi connectivity index (χ0n) is 15.3. The van der Waals surface area contributed by atoms with Gasteiger partial charge in [-0.2, -0.15) is 0 Å². The Hall–Kier alpha value is -2.71. The molecule has 1 aliphatic heterocycles. The molecule has 28 heavy (non-hydrogen) atoms. The van der Waals surface area contributed by atoms with Gasteiger partial charge in [0.2, 0.25) is 9.84 Å². The van der Waals surface area contributed by atoms with Gasteiger partial charge in [-0.1, -0.05) is 6.07 Å². The van der Waals surface area contributed by atoms with E-state index in [4.69, 9.17) is 9.47 Å². The zero-order valence-corrected chi connectivity index (χ0v) is 16.1. The molecule has 8 heteroatoms. The lowest BCUT2D eigenvalue weighted by atomic mass is 10.1. The Morgan fingerprint density at radius 1 is 1.14 bits per heavy atom. The monoisotopic (exact) mass is 402 g/mol. The van der Waals surface area contributed by atoms with Gasteiger partial charge in [-0.15, -0.1) is 0 Å². The summed E-state index contributed by atoms with van der Waals surface area (Å²) in [6.45, 7) is 1.96. The number of rotatable bonds is 4. The van der Waals surface area contributed by atoms with Crippen molar-refractivity contribution in [3.8, 4) is 5.75 Å². The van der Waals surface area contributed by atoms with E-state index < -0.39 is 15.7 Å². The second-order valence-corrected chi connectivity index (χ2v) is 8.33. The van der Waals surface area contributed by atoms with Crippen LogP contribution in [0.15, 0.2) is 58.5 Å². The first kappa shape index (κ1) is 18.6. The first-order valence-electron chi connectivity index (χ1n) is 8.81. The minimum absolute atomic E-state index is 0.0424. The van der Waals surface area contributed by atoms with E-state index in [-0.39, 0.29) is 9.79 Å². The number of fused-ring (bicyclic) bond motifs is 1. The summed E-state index contributed by atoms with van der Waals surface area (Å²) in [6, 6.07) is 10.5. The number of ether oxygens (including phenoxy) is 2. The van der Waals surface area contributed by atoms with E-state index in [1.54, 1.807) is 18.2 Å². The van der Waals surface area contributed by atoms with Crippen molar-refractivity contribution in [2.45, 2.75) is 9.79 Å². The van der Waals surface area contributed by atoms with Crippen LogP contribution in [0.25, 0.3) is 10.9 Å². The Labute approximate surface area is 162 Å². The van der Waals surface area contributed by atoms with Gasteiger partial charge in [0.15, 0.2) is 0 Å². The van der Waals surface area contributed by atoms with Crippen molar-refractivity contribution in [3.05, 3.63) is 54.5 Å². The molecule has 2 aromatic carbocycles. The van der Waals surface area contributed by atoms with Crippen LogP contribution < -0.4 is 9.64 Å². The molecule has 0 saturated carbocycles. The van der Waals surface area contributed by atoms with E-state index in [0.29, 0.717) is 48.6 Å². The molecule has 0 N–H and O–H groups in total. The van der Waals surface area contributed by atoms with Gasteiger partial charge in [0.25, 0.3) is 0 Å². The predicted octanol–water partition coefficient (Wildman–Crippen LogP) is 3.05. The fourth-order valence-corrected chi connectivity index (χ4v) is 4.81. The van der Waals surface area contributed by atoms with Crippen LogP contribution in [0.2, 0.25) is 0 Å². The largest absolute Gasteiger partial charge is 0.497 e. The molecule has 1 fully saturated rings. The highest BCUT2D eigenvalue weighted by molar-refractivity contribution is 7.91. The van der Waals surface area contributed by atoms with Crippen LogP contribution in [0.5, 0.6) is 5.75 Å². The maximum Gasteiger partial charge on any atom is 0.210 e. The second-order valence-electron chi connectivity index (χ2n) is 6.41. The molecule has 1 aliphatic rings. The Morgan fingerprint density at radius 2 is 1.93 bits per heavy atom. The average Bonchev–Trinajstić information content (AvgIpc) is 2.73. The Balaban J connectivity index is 1.97. The van der Waals surface area contributed by atoms with Crippen molar-refractivity contribution in [1.82, 2.24) is 4.98 Å². The average molecular weight is 402 g/mol. The number of hydrogen-bond donors (Lipinski definition) is 0. The normalized spacial score (nSPS) is 15.0. The summed E-state index contributed by atoms with van der Waals surface area (Å²) in [4.78, 5) is 6.33. The number of aromatic nitrogens is 1. The van der Waals surface area contributed by atoms with Crippen LogP contribution in [0.1, 0.15) is 0 Å². The minimum atomic E-state index is -3.90. The van der Waals surface area contributed by atoms with Gasteiger partial charge in [-0.25, -0.2) is 12.8 Å². The van der Waals surface area contributed by atoms with Gasteiger partial charge in [0.1, 0.15) is 16.5 Å². The van der Waals surface area contributed by atoms with E-state index >= 15 is 0 Å². The summed E-state index contributed by atoms with van der Waals surface area (Å²) < 4.78 is 51.5. The number of nitrogens with zero attached hydrogens (tertiary/aromatic N) is 2. The number of anilines is 1. The summed E-state index contributed by atoms with van der Waals surface area (Å²) in [6.07, 6.45) is 1.35. The van der Waals surface area contributed by atoms with Crippen LogP contribution in [0.3, 0.4) is 0 Å². The van der Waals surface area contributed by atoms with Crippen molar-refractivity contribution < 1.29 is 22.3 Å². The second kappa shape index (κ2) is 7.37. The highest BCUT2D eigenvalue weighted by Crippen LogP contribution is 2.37. The summed E-state index contributed by atoms with van der Waals surface area (Å²) in [7, 11) is -2.43. The molecule has 1 aromatic heterocycles. The van der Waals surface area contributed by atoms with Crippen molar-refractivity contribution >= 4 is 26.4 Å². The molecule has 0 amide bonds. The number of methoxy groups -OCH3 is 1. The van der Waals surface area contributed by atoms with Gasteiger partial charge in [-0.05, 0) is 36.4 Å². The summed E-state index contributed by atoms with van der Waals surface area (Å²) in [5, 5.41) is 0.464. The molecule has 0 aliphatic carbocycles. The summed E-state index contributed by atoms with van der Waals surface area (Å²) in [5.74, 6) is -0.00599. The summed E-state index contributed by atoms with van der Waals surface area (Å²) in [5.41, 5.74) is 0.989. The molecule has 146 valence electrons. The molecule has 0 spiro atoms. The molecule has 0 bridgehead atoms. The van der Waals surface area contributed by atoms with E-state index in [1.807, 2.05) is 4.90 Å².